The van der Waals surface area contributed by atoms with Crippen molar-refractivity contribution < 1.29 is 19.1 Å². The Morgan fingerprint density at radius 3 is 1.72 bits per heavy atom. The number of alkyl halides is 3. The van der Waals surface area contributed by atoms with Gasteiger partial charge in [-0.25, -0.2) is 9.59 Å². The predicted molar refractivity (Wildman–Crippen MR) is 103 cm³/mol. The van der Waals surface area contributed by atoms with Crippen LogP contribution in [0.3, 0.4) is 0 Å². The molecule has 0 aliphatic carbocycles. The van der Waals surface area contributed by atoms with Gasteiger partial charge in [0.05, 0.1) is 5.41 Å². The molecule has 0 saturated heterocycles. The van der Waals surface area contributed by atoms with E-state index < -0.39 is 21.1 Å². The minimum absolute atomic E-state index is 0.187. The normalized spacial score (nSPS) is 11.7. The Morgan fingerprint density at radius 1 is 0.880 bits per heavy atom. The average molecular weight is 414 g/mol. The van der Waals surface area contributed by atoms with Crippen molar-refractivity contribution in [3.63, 3.8) is 0 Å². The highest BCUT2D eigenvalue weighted by atomic mass is 35.6. The van der Waals surface area contributed by atoms with Gasteiger partial charge in [0.25, 0.3) is 0 Å². The Labute approximate surface area is 165 Å². The lowest BCUT2D eigenvalue weighted by Crippen LogP contribution is -2.45. The highest BCUT2D eigenvalue weighted by Crippen LogP contribution is 2.48. The SMILES string of the molecule is C=CC(=O)OCC(CCCCCCCC)(COC(=O)C=C)C(Cl)(Cl)Cl. The first-order valence-corrected chi connectivity index (χ1v) is 9.51. The predicted octanol–water partition coefficient (Wildman–Crippen LogP) is 5.55. The van der Waals surface area contributed by atoms with Crippen LogP contribution in [0.5, 0.6) is 0 Å². The molecule has 0 bridgehead atoms. The lowest BCUT2D eigenvalue weighted by molar-refractivity contribution is -0.148. The first-order valence-electron chi connectivity index (χ1n) is 8.37. The van der Waals surface area contributed by atoms with Gasteiger partial charge in [0.15, 0.2) is 0 Å². The van der Waals surface area contributed by atoms with Crippen LogP contribution in [0.4, 0.5) is 0 Å². The summed E-state index contributed by atoms with van der Waals surface area (Å²) in [5.74, 6) is -1.26. The maximum absolute atomic E-state index is 11.4. The Hall–Kier alpha value is -0.710. The van der Waals surface area contributed by atoms with E-state index in [1.807, 2.05) is 0 Å². The maximum atomic E-state index is 11.4. The van der Waals surface area contributed by atoms with Crippen LogP contribution in [-0.2, 0) is 19.1 Å². The van der Waals surface area contributed by atoms with Gasteiger partial charge in [0.1, 0.15) is 13.2 Å². The minimum atomic E-state index is -1.78. The molecule has 0 atom stereocenters. The number of hydrogen-bond donors (Lipinski definition) is 0. The van der Waals surface area contributed by atoms with E-state index in [9.17, 15) is 9.59 Å². The topological polar surface area (TPSA) is 52.6 Å². The number of carbonyl (C=O) groups excluding carboxylic acids is 2. The molecule has 0 N–H and O–H groups in total. The first kappa shape index (κ1) is 24.3. The summed E-state index contributed by atoms with van der Waals surface area (Å²) in [5.41, 5.74) is -1.14. The van der Waals surface area contributed by atoms with Crippen molar-refractivity contribution in [1.29, 1.82) is 0 Å². The summed E-state index contributed by atoms with van der Waals surface area (Å²) >= 11 is 18.5. The molecule has 7 heteroatoms. The molecule has 0 aliphatic rings. The number of unbranched alkanes of at least 4 members (excludes halogenated alkanes) is 5. The quantitative estimate of drug-likeness (QED) is 0.172. The van der Waals surface area contributed by atoms with E-state index in [1.54, 1.807) is 0 Å². The number of esters is 2. The van der Waals surface area contributed by atoms with Crippen molar-refractivity contribution in [3.05, 3.63) is 25.3 Å². The molecule has 0 radical (unpaired) electrons. The second-order valence-electron chi connectivity index (χ2n) is 5.92. The molecule has 0 aromatic carbocycles. The lowest BCUT2D eigenvalue weighted by atomic mass is 9.85. The largest absolute Gasteiger partial charge is 0.462 e. The molecule has 0 fully saturated rings. The van der Waals surface area contributed by atoms with E-state index in [-0.39, 0.29) is 13.2 Å². The molecule has 0 heterocycles. The third kappa shape index (κ3) is 9.53. The van der Waals surface area contributed by atoms with Crippen molar-refractivity contribution in [1.82, 2.24) is 0 Å². The first-order chi connectivity index (χ1) is 11.7. The smallest absolute Gasteiger partial charge is 0.330 e. The molecule has 0 saturated carbocycles. The third-order valence-electron chi connectivity index (χ3n) is 3.92. The molecule has 0 aromatic rings. The highest BCUT2D eigenvalue weighted by Gasteiger charge is 2.50. The van der Waals surface area contributed by atoms with Crippen LogP contribution in [-0.4, -0.2) is 28.9 Å². The number of rotatable bonds is 13. The van der Waals surface area contributed by atoms with Crippen LogP contribution in [0, 0.1) is 5.41 Å². The zero-order valence-corrected chi connectivity index (χ0v) is 17.0. The van der Waals surface area contributed by atoms with Crippen LogP contribution in [0.1, 0.15) is 51.9 Å². The number of ether oxygens (including phenoxy) is 2. The van der Waals surface area contributed by atoms with E-state index in [2.05, 4.69) is 20.1 Å². The Kier molecular flexibility index (Phi) is 12.3. The number of hydrogen-bond acceptors (Lipinski definition) is 4. The summed E-state index contributed by atoms with van der Waals surface area (Å²) in [6.07, 6.45) is 8.77. The van der Waals surface area contributed by atoms with Gasteiger partial charge in [0, 0.05) is 12.2 Å². The van der Waals surface area contributed by atoms with Crippen molar-refractivity contribution in [2.75, 3.05) is 13.2 Å². The number of halogens is 3. The Morgan fingerprint density at radius 2 is 1.32 bits per heavy atom. The van der Waals surface area contributed by atoms with Crippen molar-refractivity contribution >= 4 is 46.7 Å². The molecule has 0 spiro atoms. The average Bonchev–Trinajstić information content (AvgIpc) is 2.57. The van der Waals surface area contributed by atoms with Crippen LogP contribution in [0.15, 0.2) is 25.3 Å². The second-order valence-corrected chi connectivity index (χ2v) is 8.20. The molecule has 0 unspecified atom stereocenters. The van der Waals surface area contributed by atoms with Crippen LogP contribution >= 0.6 is 34.8 Å². The van der Waals surface area contributed by atoms with Gasteiger partial charge in [-0.2, -0.15) is 0 Å². The highest BCUT2D eigenvalue weighted by molar-refractivity contribution is 6.68. The Bertz CT molecular complexity index is 420. The third-order valence-corrected chi connectivity index (χ3v) is 5.13. The van der Waals surface area contributed by atoms with Crippen molar-refractivity contribution in [3.8, 4) is 0 Å². The summed E-state index contributed by atoms with van der Waals surface area (Å²) in [6.45, 7) is 8.46. The van der Waals surface area contributed by atoms with Crippen LogP contribution < -0.4 is 0 Å². The van der Waals surface area contributed by atoms with Crippen LogP contribution in [0.2, 0.25) is 0 Å². The minimum Gasteiger partial charge on any atom is -0.462 e. The summed E-state index contributed by atoms with van der Waals surface area (Å²) < 4.78 is 8.46. The van der Waals surface area contributed by atoms with Gasteiger partial charge in [-0.05, 0) is 6.42 Å². The monoisotopic (exact) mass is 412 g/mol. The molecule has 25 heavy (non-hydrogen) atoms. The molecular formula is C18H27Cl3O4. The van der Waals surface area contributed by atoms with Crippen molar-refractivity contribution in [2.24, 2.45) is 5.41 Å². The van der Waals surface area contributed by atoms with Gasteiger partial charge < -0.3 is 9.47 Å². The maximum Gasteiger partial charge on any atom is 0.330 e. The van der Waals surface area contributed by atoms with E-state index in [4.69, 9.17) is 44.3 Å². The summed E-state index contributed by atoms with van der Waals surface area (Å²) in [4.78, 5) is 22.9. The van der Waals surface area contributed by atoms with E-state index in [0.717, 1.165) is 44.3 Å². The molecule has 0 aromatic heterocycles. The molecule has 0 amide bonds. The Balaban J connectivity index is 5.03. The van der Waals surface area contributed by atoms with E-state index in [1.165, 1.54) is 6.42 Å². The number of carbonyl (C=O) groups is 2. The summed E-state index contributed by atoms with van der Waals surface area (Å²) in [6, 6.07) is 0. The van der Waals surface area contributed by atoms with Gasteiger partial charge in [-0.1, -0.05) is 93.4 Å². The molecule has 0 rings (SSSR count). The second kappa shape index (κ2) is 12.6. The molecule has 0 aliphatic heterocycles. The standard InChI is InChI=1S/C18H27Cl3O4/c1-4-7-8-9-10-11-12-17(18(19,20)21,13-24-15(22)5-2)14-25-16(23)6-3/h5-6H,2-4,7-14H2,1H3. The van der Waals surface area contributed by atoms with Gasteiger partial charge in [-0.3, -0.25) is 0 Å². The molecule has 4 nitrogen and oxygen atoms in total. The van der Waals surface area contributed by atoms with E-state index in [0.29, 0.717) is 6.42 Å². The fourth-order valence-corrected chi connectivity index (χ4v) is 2.88. The van der Waals surface area contributed by atoms with Gasteiger partial charge >= 0.3 is 11.9 Å². The lowest BCUT2D eigenvalue weighted by Gasteiger charge is -2.38. The van der Waals surface area contributed by atoms with Gasteiger partial charge in [-0.15, -0.1) is 0 Å². The summed E-state index contributed by atoms with van der Waals surface area (Å²) in [7, 11) is 0. The fourth-order valence-electron chi connectivity index (χ4n) is 2.27. The zero-order chi connectivity index (χ0) is 19.3. The van der Waals surface area contributed by atoms with Crippen LogP contribution in [0.25, 0.3) is 0 Å². The van der Waals surface area contributed by atoms with E-state index >= 15 is 0 Å². The molecule has 144 valence electrons. The summed E-state index contributed by atoms with van der Waals surface area (Å²) in [5, 5.41) is 0. The zero-order valence-electron chi connectivity index (χ0n) is 14.7. The van der Waals surface area contributed by atoms with Gasteiger partial charge in [0.2, 0.25) is 3.79 Å². The molecular weight excluding hydrogens is 387 g/mol. The fraction of sp³-hybridized carbons (Fsp3) is 0.667. The van der Waals surface area contributed by atoms with Crippen molar-refractivity contribution in [2.45, 2.75) is 55.7 Å².